The molecular weight excluding hydrogens is 388 g/mol. The molecule has 0 amide bonds. The Morgan fingerprint density at radius 3 is 2.80 bits per heavy atom. The first kappa shape index (κ1) is 20.3. The van der Waals surface area contributed by atoms with Crippen LogP contribution in [0, 0.1) is 0 Å². The van der Waals surface area contributed by atoms with Crippen LogP contribution in [0.25, 0.3) is 11.2 Å². The third kappa shape index (κ3) is 4.42. The number of nitrogens with one attached hydrogen (secondary N) is 1. The van der Waals surface area contributed by atoms with Gasteiger partial charge in [0.1, 0.15) is 0 Å². The summed E-state index contributed by atoms with van der Waals surface area (Å²) in [6.45, 7) is 5.67. The molecule has 11 nitrogen and oxygen atoms in total. The largest absolute Gasteiger partial charge is 0.379 e. The van der Waals surface area contributed by atoms with E-state index in [1.165, 1.54) is 11.6 Å². The van der Waals surface area contributed by atoms with Crippen molar-refractivity contribution in [3.05, 3.63) is 56.8 Å². The predicted octanol–water partition coefficient (Wildman–Crippen LogP) is -1.25. The summed E-state index contributed by atoms with van der Waals surface area (Å²) < 4.78 is 7.78. The average molecular weight is 412 g/mol. The normalized spacial score (nSPS) is 15.0. The molecule has 4 rings (SSSR count). The fraction of sp³-hybridized carbons (Fsp3) is 0.474. The van der Waals surface area contributed by atoms with Crippen molar-refractivity contribution in [2.24, 2.45) is 7.05 Å². The minimum absolute atomic E-state index is 0.126. The first-order valence-corrected chi connectivity index (χ1v) is 9.86. The summed E-state index contributed by atoms with van der Waals surface area (Å²) in [5.74, 6) is 0.410. The van der Waals surface area contributed by atoms with Gasteiger partial charge in [0, 0.05) is 45.6 Å². The molecule has 158 valence electrons. The van der Waals surface area contributed by atoms with Gasteiger partial charge in [0.25, 0.3) is 5.56 Å². The molecule has 3 aromatic heterocycles. The van der Waals surface area contributed by atoms with Crippen molar-refractivity contribution in [1.82, 2.24) is 39.5 Å². The molecule has 0 atom stereocenters. The van der Waals surface area contributed by atoms with Crippen molar-refractivity contribution in [3.63, 3.8) is 0 Å². The second kappa shape index (κ2) is 9.20. The Bertz CT molecular complexity index is 1120. The van der Waals surface area contributed by atoms with E-state index in [1.807, 2.05) is 6.07 Å². The van der Waals surface area contributed by atoms with Gasteiger partial charge in [-0.1, -0.05) is 6.07 Å². The summed E-state index contributed by atoms with van der Waals surface area (Å²) in [5.41, 5.74) is 0.158. The van der Waals surface area contributed by atoms with Crippen molar-refractivity contribution < 1.29 is 4.74 Å². The first-order chi connectivity index (χ1) is 14.6. The van der Waals surface area contributed by atoms with Crippen molar-refractivity contribution in [2.75, 3.05) is 39.4 Å². The van der Waals surface area contributed by atoms with Gasteiger partial charge in [-0.3, -0.25) is 23.8 Å². The summed E-state index contributed by atoms with van der Waals surface area (Å²) in [6.07, 6.45) is 3.32. The van der Waals surface area contributed by atoms with Crippen LogP contribution in [0.3, 0.4) is 0 Å². The van der Waals surface area contributed by atoms with E-state index in [0.717, 1.165) is 49.5 Å². The van der Waals surface area contributed by atoms with Gasteiger partial charge in [-0.15, -0.1) is 10.2 Å². The molecule has 0 bridgehead atoms. The highest BCUT2D eigenvalue weighted by Gasteiger charge is 2.16. The van der Waals surface area contributed by atoms with Gasteiger partial charge in [-0.05, 0) is 11.6 Å². The average Bonchev–Trinajstić information content (AvgIpc) is 2.79. The number of rotatable bonds is 7. The molecule has 0 aromatic carbocycles. The summed E-state index contributed by atoms with van der Waals surface area (Å²) in [4.78, 5) is 36.0. The maximum atomic E-state index is 12.6. The number of hydrogen-bond donors (Lipinski definition) is 1. The van der Waals surface area contributed by atoms with Gasteiger partial charge < -0.3 is 10.1 Å². The molecule has 1 saturated heterocycles. The lowest BCUT2D eigenvalue weighted by Crippen LogP contribution is -2.40. The molecule has 1 N–H and O–H groups in total. The van der Waals surface area contributed by atoms with Crippen molar-refractivity contribution in [2.45, 2.75) is 13.1 Å². The van der Waals surface area contributed by atoms with Crippen molar-refractivity contribution >= 4 is 11.2 Å². The Kier molecular flexibility index (Phi) is 6.21. The molecule has 1 aliphatic rings. The topological polar surface area (TPSA) is 120 Å². The van der Waals surface area contributed by atoms with E-state index >= 15 is 0 Å². The molecule has 1 aliphatic heterocycles. The number of hydrogen-bond acceptors (Lipinski definition) is 9. The fourth-order valence-electron chi connectivity index (χ4n) is 3.35. The van der Waals surface area contributed by atoms with E-state index in [4.69, 9.17) is 4.74 Å². The molecule has 11 heteroatoms. The van der Waals surface area contributed by atoms with Crippen molar-refractivity contribution in [1.29, 1.82) is 0 Å². The predicted molar refractivity (Wildman–Crippen MR) is 109 cm³/mol. The van der Waals surface area contributed by atoms with E-state index in [9.17, 15) is 9.59 Å². The van der Waals surface area contributed by atoms with Crippen LogP contribution in [0.2, 0.25) is 0 Å². The quantitative estimate of drug-likeness (QED) is 0.475. The molecule has 0 saturated carbocycles. The summed E-state index contributed by atoms with van der Waals surface area (Å²) >= 11 is 0. The highest BCUT2D eigenvalue weighted by Crippen LogP contribution is 2.05. The molecule has 1 fully saturated rings. The zero-order chi connectivity index (χ0) is 20.9. The standard InChI is InChI=1S/C19H24N8O3/c1-25-18(28)16-17(27(19(25)29)13-14-3-2-4-20-11-14)24-23-15(22-16)12-21-5-6-26-7-9-30-10-8-26/h2-4,11,21H,5-10,12-13H2,1H3. The molecule has 4 heterocycles. The summed E-state index contributed by atoms with van der Waals surface area (Å²) in [5, 5.41) is 11.6. The molecule has 0 aliphatic carbocycles. The van der Waals surface area contributed by atoms with Crippen LogP contribution in [-0.4, -0.2) is 73.6 Å². The Hall–Kier alpha value is -3.02. The number of pyridine rings is 1. The first-order valence-electron chi connectivity index (χ1n) is 9.86. The van der Waals surface area contributed by atoms with E-state index in [2.05, 4.69) is 30.4 Å². The van der Waals surface area contributed by atoms with E-state index in [1.54, 1.807) is 18.5 Å². The van der Waals surface area contributed by atoms with E-state index in [0.29, 0.717) is 12.4 Å². The van der Waals surface area contributed by atoms with Crippen LogP contribution in [0.1, 0.15) is 11.4 Å². The molecule has 0 unspecified atom stereocenters. The lowest BCUT2D eigenvalue weighted by atomic mass is 10.3. The lowest BCUT2D eigenvalue weighted by molar-refractivity contribution is 0.0384. The van der Waals surface area contributed by atoms with Gasteiger partial charge in [0.05, 0.1) is 26.3 Å². The van der Waals surface area contributed by atoms with Crippen LogP contribution < -0.4 is 16.6 Å². The zero-order valence-corrected chi connectivity index (χ0v) is 16.8. The zero-order valence-electron chi connectivity index (χ0n) is 16.8. The van der Waals surface area contributed by atoms with E-state index < -0.39 is 11.2 Å². The van der Waals surface area contributed by atoms with E-state index in [-0.39, 0.29) is 17.7 Å². The van der Waals surface area contributed by atoms with Crippen LogP contribution in [0.4, 0.5) is 0 Å². The SMILES string of the molecule is Cn1c(=O)c2nc(CNCCN3CCOCC3)nnc2n(Cc2cccnc2)c1=O. The maximum absolute atomic E-state index is 12.6. The Morgan fingerprint density at radius 2 is 2.03 bits per heavy atom. The molecular formula is C19H24N8O3. The van der Waals surface area contributed by atoms with Crippen LogP contribution in [0.15, 0.2) is 34.1 Å². The molecule has 30 heavy (non-hydrogen) atoms. The highest BCUT2D eigenvalue weighted by molar-refractivity contribution is 5.68. The fourth-order valence-corrected chi connectivity index (χ4v) is 3.35. The number of aromatic nitrogens is 6. The van der Waals surface area contributed by atoms with Gasteiger partial charge in [0.2, 0.25) is 0 Å². The smallest absolute Gasteiger partial charge is 0.332 e. The second-order valence-electron chi connectivity index (χ2n) is 7.13. The maximum Gasteiger partial charge on any atom is 0.332 e. The van der Waals surface area contributed by atoms with Gasteiger partial charge in [0.15, 0.2) is 17.0 Å². The highest BCUT2D eigenvalue weighted by atomic mass is 16.5. The lowest BCUT2D eigenvalue weighted by Gasteiger charge is -2.26. The second-order valence-corrected chi connectivity index (χ2v) is 7.13. The van der Waals surface area contributed by atoms with Crippen molar-refractivity contribution in [3.8, 4) is 0 Å². The number of morpholine rings is 1. The number of ether oxygens (including phenoxy) is 1. The molecule has 0 spiro atoms. The van der Waals surface area contributed by atoms with Gasteiger partial charge in [-0.25, -0.2) is 9.78 Å². The number of nitrogens with zero attached hydrogens (tertiary/aromatic N) is 7. The summed E-state index contributed by atoms with van der Waals surface area (Å²) in [7, 11) is 1.44. The molecule has 0 radical (unpaired) electrons. The summed E-state index contributed by atoms with van der Waals surface area (Å²) in [6, 6.07) is 3.64. The Morgan fingerprint density at radius 1 is 1.20 bits per heavy atom. The van der Waals surface area contributed by atoms with Gasteiger partial charge >= 0.3 is 5.69 Å². The van der Waals surface area contributed by atoms with Gasteiger partial charge in [-0.2, -0.15) is 0 Å². The molecule has 3 aromatic rings. The van der Waals surface area contributed by atoms with Crippen LogP contribution >= 0.6 is 0 Å². The Labute approximate surface area is 172 Å². The third-order valence-corrected chi connectivity index (χ3v) is 5.05. The Balaban J connectivity index is 1.53. The van der Waals surface area contributed by atoms with Crippen LogP contribution in [-0.2, 0) is 24.9 Å². The number of fused-ring (bicyclic) bond motifs is 1. The minimum Gasteiger partial charge on any atom is -0.379 e. The minimum atomic E-state index is -0.484. The van der Waals surface area contributed by atoms with Crippen LogP contribution in [0.5, 0.6) is 0 Å². The third-order valence-electron chi connectivity index (χ3n) is 5.05. The monoisotopic (exact) mass is 412 g/mol.